The number of hydrogen-bond acceptors (Lipinski definition) is 4. The summed E-state index contributed by atoms with van der Waals surface area (Å²) in [5, 5.41) is 18.1. The Morgan fingerprint density at radius 1 is 1.36 bits per heavy atom. The SMILES string of the molecule is Nc1ccccc1[C@@H](O)[C@H](N)C(=O)O. The van der Waals surface area contributed by atoms with Crippen LogP contribution in [0.2, 0.25) is 0 Å². The first-order valence-electron chi connectivity index (χ1n) is 4.05. The van der Waals surface area contributed by atoms with Crippen molar-refractivity contribution in [1.29, 1.82) is 0 Å². The summed E-state index contributed by atoms with van der Waals surface area (Å²) in [6, 6.07) is 5.11. The van der Waals surface area contributed by atoms with Gasteiger partial charge >= 0.3 is 5.97 Å². The first-order valence-corrected chi connectivity index (χ1v) is 4.05. The summed E-state index contributed by atoms with van der Waals surface area (Å²) in [7, 11) is 0. The normalized spacial score (nSPS) is 14.7. The fourth-order valence-electron chi connectivity index (χ4n) is 1.11. The Morgan fingerprint density at radius 3 is 2.43 bits per heavy atom. The molecule has 0 fully saturated rings. The molecule has 5 nitrogen and oxygen atoms in total. The lowest BCUT2D eigenvalue weighted by Crippen LogP contribution is -2.36. The molecule has 0 bridgehead atoms. The van der Waals surface area contributed by atoms with E-state index >= 15 is 0 Å². The van der Waals surface area contributed by atoms with Gasteiger partial charge in [0.15, 0.2) is 0 Å². The topological polar surface area (TPSA) is 110 Å². The van der Waals surface area contributed by atoms with E-state index in [2.05, 4.69) is 0 Å². The van der Waals surface area contributed by atoms with Crippen molar-refractivity contribution in [3.8, 4) is 0 Å². The van der Waals surface area contributed by atoms with Gasteiger partial charge in [-0.05, 0) is 6.07 Å². The molecule has 0 radical (unpaired) electrons. The molecule has 2 atom stereocenters. The van der Waals surface area contributed by atoms with Crippen LogP contribution in [0.5, 0.6) is 0 Å². The van der Waals surface area contributed by atoms with Gasteiger partial charge in [0.05, 0.1) is 0 Å². The third-order valence-electron chi connectivity index (χ3n) is 1.94. The zero-order valence-electron chi connectivity index (χ0n) is 7.42. The van der Waals surface area contributed by atoms with E-state index in [1.807, 2.05) is 0 Å². The number of hydrogen-bond donors (Lipinski definition) is 4. The van der Waals surface area contributed by atoms with Gasteiger partial charge in [-0.25, -0.2) is 0 Å². The van der Waals surface area contributed by atoms with Gasteiger partial charge in [0.2, 0.25) is 0 Å². The van der Waals surface area contributed by atoms with Crippen LogP contribution in [0.4, 0.5) is 5.69 Å². The van der Waals surface area contributed by atoms with Gasteiger partial charge in [-0.15, -0.1) is 0 Å². The molecule has 0 spiro atoms. The van der Waals surface area contributed by atoms with Crippen LogP contribution in [-0.4, -0.2) is 22.2 Å². The van der Waals surface area contributed by atoms with Gasteiger partial charge in [-0.1, -0.05) is 18.2 Å². The molecule has 0 heterocycles. The predicted molar refractivity (Wildman–Crippen MR) is 51.4 cm³/mol. The van der Waals surface area contributed by atoms with Crippen LogP contribution < -0.4 is 11.5 Å². The molecular weight excluding hydrogens is 184 g/mol. The average Bonchev–Trinajstić information content (AvgIpc) is 2.16. The first-order chi connectivity index (χ1) is 6.54. The summed E-state index contributed by atoms with van der Waals surface area (Å²) in [5.74, 6) is -1.26. The number of carboxylic acid groups (broad SMARTS) is 1. The largest absolute Gasteiger partial charge is 0.480 e. The maximum Gasteiger partial charge on any atom is 0.323 e. The molecule has 0 saturated carbocycles. The number of nitrogens with two attached hydrogens (primary N) is 2. The molecule has 14 heavy (non-hydrogen) atoms. The molecule has 1 rings (SSSR count). The smallest absolute Gasteiger partial charge is 0.323 e. The lowest BCUT2D eigenvalue weighted by Gasteiger charge is -2.16. The Labute approximate surface area is 81.0 Å². The molecule has 0 aliphatic rings. The molecule has 0 amide bonds. The van der Waals surface area contributed by atoms with Gasteiger partial charge in [0.1, 0.15) is 12.1 Å². The van der Waals surface area contributed by atoms with Crippen LogP contribution in [0.3, 0.4) is 0 Å². The van der Waals surface area contributed by atoms with Crippen LogP contribution in [0, 0.1) is 0 Å². The lowest BCUT2D eigenvalue weighted by molar-refractivity contribution is -0.141. The summed E-state index contributed by atoms with van der Waals surface area (Å²) in [4.78, 5) is 10.5. The van der Waals surface area contributed by atoms with Gasteiger partial charge in [-0.3, -0.25) is 4.79 Å². The minimum absolute atomic E-state index is 0.330. The monoisotopic (exact) mass is 196 g/mol. The number of rotatable bonds is 3. The van der Waals surface area contributed by atoms with Crippen molar-refractivity contribution in [2.75, 3.05) is 5.73 Å². The van der Waals surface area contributed by atoms with Crippen molar-refractivity contribution in [1.82, 2.24) is 0 Å². The minimum atomic E-state index is -1.36. The number of anilines is 1. The number of aliphatic hydroxyl groups is 1. The molecule has 0 aromatic heterocycles. The highest BCUT2D eigenvalue weighted by atomic mass is 16.4. The summed E-state index contributed by atoms with van der Waals surface area (Å²) in [6.07, 6.45) is -1.28. The number of aliphatic carboxylic acids is 1. The van der Waals surface area contributed by atoms with Gasteiger partial charge in [0.25, 0.3) is 0 Å². The molecule has 1 aromatic rings. The zero-order valence-corrected chi connectivity index (χ0v) is 7.42. The van der Waals surface area contributed by atoms with Crippen molar-refractivity contribution in [2.45, 2.75) is 12.1 Å². The second-order valence-corrected chi connectivity index (χ2v) is 2.94. The number of aliphatic hydroxyl groups excluding tert-OH is 1. The van der Waals surface area contributed by atoms with Crippen molar-refractivity contribution < 1.29 is 15.0 Å². The number of carbonyl (C=O) groups is 1. The molecular formula is C9H12N2O3. The molecule has 0 aliphatic heterocycles. The van der Waals surface area contributed by atoms with E-state index in [4.69, 9.17) is 16.6 Å². The van der Waals surface area contributed by atoms with E-state index in [9.17, 15) is 9.90 Å². The van der Waals surface area contributed by atoms with Crippen molar-refractivity contribution in [3.63, 3.8) is 0 Å². The summed E-state index contributed by atoms with van der Waals surface area (Å²) in [6.45, 7) is 0. The van der Waals surface area contributed by atoms with E-state index in [1.54, 1.807) is 24.3 Å². The lowest BCUT2D eigenvalue weighted by atomic mass is 10.0. The minimum Gasteiger partial charge on any atom is -0.480 e. The van der Waals surface area contributed by atoms with Gasteiger partial charge in [0, 0.05) is 11.3 Å². The highest BCUT2D eigenvalue weighted by Gasteiger charge is 2.24. The third-order valence-corrected chi connectivity index (χ3v) is 1.94. The van der Waals surface area contributed by atoms with E-state index in [-0.39, 0.29) is 0 Å². The average molecular weight is 196 g/mol. The fraction of sp³-hybridized carbons (Fsp3) is 0.222. The van der Waals surface area contributed by atoms with Crippen LogP contribution >= 0.6 is 0 Å². The van der Waals surface area contributed by atoms with E-state index in [1.165, 1.54) is 0 Å². The molecule has 0 unspecified atom stereocenters. The van der Waals surface area contributed by atoms with Crippen LogP contribution in [0.1, 0.15) is 11.7 Å². The number of para-hydroxylation sites is 1. The Kier molecular flexibility index (Phi) is 3.06. The molecule has 76 valence electrons. The van der Waals surface area contributed by atoms with Crippen LogP contribution in [0.25, 0.3) is 0 Å². The van der Waals surface area contributed by atoms with Gasteiger partial charge < -0.3 is 21.7 Å². The molecule has 1 aromatic carbocycles. The second-order valence-electron chi connectivity index (χ2n) is 2.94. The molecule has 0 aliphatic carbocycles. The van der Waals surface area contributed by atoms with E-state index in [0.717, 1.165) is 0 Å². The molecule has 5 heteroatoms. The van der Waals surface area contributed by atoms with Gasteiger partial charge in [-0.2, -0.15) is 0 Å². The fourth-order valence-corrected chi connectivity index (χ4v) is 1.11. The summed E-state index contributed by atoms with van der Waals surface area (Å²) < 4.78 is 0. The second kappa shape index (κ2) is 4.08. The van der Waals surface area contributed by atoms with Crippen molar-refractivity contribution in [3.05, 3.63) is 29.8 Å². The Bertz CT molecular complexity index is 341. The third kappa shape index (κ3) is 2.01. The zero-order chi connectivity index (χ0) is 10.7. The first kappa shape index (κ1) is 10.5. The quantitative estimate of drug-likeness (QED) is 0.497. The number of nitrogen functional groups attached to an aromatic ring is 1. The highest BCUT2D eigenvalue weighted by molar-refractivity contribution is 5.74. The number of benzene rings is 1. The van der Waals surface area contributed by atoms with Crippen LogP contribution in [0.15, 0.2) is 24.3 Å². The highest BCUT2D eigenvalue weighted by Crippen LogP contribution is 2.21. The molecule has 0 saturated heterocycles. The van der Waals surface area contributed by atoms with E-state index in [0.29, 0.717) is 11.3 Å². The maximum absolute atomic E-state index is 10.5. The van der Waals surface area contributed by atoms with Crippen molar-refractivity contribution in [2.24, 2.45) is 5.73 Å². The molecule has 6 N–H and O–H groups in total. The Morgan fingerprint density at radius 2 is 1.93 bits per heavy atom. The predicted octanol–water partition coefficient (Wildman–Crippen LogP) is -0.286. The van der Waals surface area contributed by atoms with Crippen LogP contribution in [-0.2, 0) is 4.79 Å². The maximum atomic E-state index is 10.5. The Balaban J connectivity index is 2.94. The van der Waals surface area contributed by atoms with E-state index < -0.39 is 18.1 Å². The Hall–Kier alpha value is -1.59. The van der Waals surface area contributed by atoms with Crippen molar-refractivity contribution >= 4 is 11.7 Å². The number of carboxylic acids is 1. The summed E-state index contributed by atoms with van der Waals surface area (Å²) >= 11 is 0. The summed E-state index contributed by atoms with van der Waals surface area (Å²) in [5.41, 5.74) is 11.5. The standard InChI is InChI=1S/C9H12N2O3/c10-6-4-2-1-3-5(6)8(12)7(11)9(13)14/h1-4,7-8,12H,10-11H2,(H,13,14)/t7-,8+/m0/s1.